The second kappa shape index (κ2) is 5.20. The van der Waals surface area contributed by atoms with Crippen molar-refractivity contribution in [1.82, 2.24) is 10.1 Å². The van der Waals surface area contributed by atoms with Crippen molar-refractivity contribution >= 4 is 28.6 Å². The highest BCUT2D eigenvalue weighted by Gasteiger charge is 2.41. The number of fused-ring (bicyclic) bond motifs is 1. The van der Waals surface area contributed by atoms with Gasteiger partial charge in [-0.2, -0.15) is 0 Å². The molecule has 1 aromatic heterocycles. The molecule has 0 radical (unpaired) electrons. The minimum absolute atomic E-state index is 0.00854. The highest BCUT2D eigenvalue weighted by Crippen LogP contribution is 2.22. The molecule has 2 aromatic rings. The fourth-order valence-corrected chi connectivity index (χ4v) is 1.92. The lowest BCUT2D eigenvalue weighted by atomic mass is 9.92. The Kier molecular flexibility index (Phi) is 3.76. The van der Waals surface area contributed by atoms with Crippen molar-refractivity contribution in [2.75, 3.05) is 6.61 Å². The van der Waals surface area contributed by atoms with E-state index in [9.17, 15) is 10.0 Å². The second-order valence-corrected chi connectivity index (χ2v) is 5.22. The number of carbonyl (C=O) groups excluding carboxylic acids is 1. The minimum atomic E-state index is -1.18. The fraction of sp³-hybridized carbons (Fsp3) is 0.385. The molecule has 0 aliphatic heterocycles. The van der Waals surface area contributed by atoms with E-state index in [-0.39, 0.29) is 12.4 Å². The number of ether oxygens (including phenoxy) is 1. The van der Waals surface area contributed by atoms with E-state index in [0.29, 0.717) is 20.9 Å². The zero-order valence-corrected chi connectivity index (χ0v) is 12.1. The predicted octanol–water partition coefficient (Wildman–Crippen LogP) is 1.76. The third-order valence-corrected chi connectivity index (χ3v) is 3.12. The van der Waals surface area contributed by atoms with Crippen LogP contribution in [0.1, 0.15) is 26.6 Å². The lowest BCUT2D eigenvalue weighted by Crippen LogP contribution is -2.47. The molecular weight excluding hydrogens is 282 g/mol. The summed E-state index contributed by atoms with van der Waals surface area (Å²) in [5, 5.41) is 16.3. The Labute approximate surface area is 120 Å². The van der Waals surface area contributed by atoms with Crippen molar-refractivity contribution in [3.63, 3.8) is 0 Å². The number of rotatable bonds is 3. The van der Waals surface area contributed by atoms with Gasteiger partial charge in [0.1, 0.15) is 0 Å². The summed E-state index contributed by atoms with van der Waals surface area (Å²) < 4.78 is 4.97. The summed E-state index contributed by atoms with van der Waals surface area (Å²) in [6.45, 7) is 5.08. The monoisotopic (exact) mass is 295 g/mol. The first kappa shape index (κ1) is 14.5. The molecule has 0 saturated carbocycles. The standard InChI is InChI=1S/C13H14ClN3O3/c1-4-20-12(18)13(2,3)11-15-9-6-5-8(14)7-10(9)16-17(11)19/h5-7H,4H2,1-3H3. The van der Waals surface area contributed by atoms with Crippen LogP contribution in [0.2, 0.25) is 5.02 Å². The molecule has 0 spiro atoms. The van der Waals surface area contributed by atoms with Gasteiger partial charge in [0.05, 0.1) is 6.61 Å². The Hall–Kier alpha value is -1.95. The topological polar surface area (TPSA) is 79.0 Å². The lowest BCUT2D eigenvalue weighted by molar-refractivity contribution is -0.680. The van der Waals surface area contributed by atoms with Crippen LogP contribution in [0.25, 0.3) is 11.0 Å². The normalized spacial score (nSPS) is 11.6. The van der Waals surface area contributed by atoms with Gasteiger partial charge >= 0.3 is 11.8 Å². The van der Waals surface area contributed by atoms with E-state index in [0.717, 1.165) is 0 Å². The molecule has 1 aromatic carbocycles. The highest BCUT2D eigenvalue weighted by atomic mass is 35.5. The molecule has 106 valence electrons. The molecule has 0 aliphatic carbocycles. The molecule has 0 fully saturated rings. The van der Waals surface area contributed by atoms with Crippen LogP contribution in [-0.4, -0.2) is 22.7 Å². The van der Waals surface area contributed by atoms with E-state index < -0.39 is 11.4 Å². The van der Waals surface area contributed by atoms with Crippen LogP contribution in [0.3, 0.4) is 0 Å². The molecule has 6 nitrogen and oxygen atoms in total. The summed E-state index contributed by atoms with van der Waals surface area (Å²) in [4.78, 5) is 16.5. The fourth-order valence-electron chi connectivity index (χ4n) is 1.75. The first-order valence-electron chi connectivity index (χ1n) is 6.11. The van der Waals surface area contributed by atoms with E-state index in [1.165, 1.54) is 0 Å². The van der Waals surface area contributed by atoms with Gasteiger partial charge in [0.25, 0.3) is 0 Å². The van der Waals surface area contributed by atoms with Gasteiger partial charge in [-0.25, -0.2) is 0 Å². The van der Waals surface area contributed by atoms with Crippen LogP contribution < -0.4 is 4.85 Å². The number of hydrogen-bond acceptors (Lipinski definition) is 5. The van der Waals surface area contributed by atoms with Crippen LogP contribution in [-0.2, 0) is 14.9 Å². The first-order valence-corrected chi connectivity index (χ1v) is 6.49. The van der Waals surface area contributed by atoms with Gasteiger partial charge in [-0.1, -0.05) is 16.7 Å². The average Bonchev–Trinajstić information content (AvgIpc) is 2.37. The third-order valence-electron chi connectivity index (χ3n) is 2.89. The predicted molar refractivity (Wildman–Crippen MR) is 73.2 cm³/mol. The Balaban J connectivity index is 2.57. The number of benzene rings is 1. The molecule has 0 saturated heterocycles. The van der Waals surface area contributed by atoms with Crippen LogP contribution in [0.5, 0.6) is 0 Å². The second-order valence-electron chi connectivity index (χ2n) is 4.79. The zero-order chi connectivity index (χ0) is 14.9. The number of halogens is 1. The molecule has 0 aliphatic rings. The molecule has 0 atom stereocenters. The molecular formula is C13H14ClN3O3. The Morgan fingerprint density at radius 3 is 2.80 bits per heavy atom. The van der Waals surface area contributed by atoms with Crippen molar-refractivity contribution < 1.29 is 14.4 Å². The van der Waals surface area contributed by atoms with E-state index >= 15 is 0 Å². The van der Waals surface area contributed by atoms with E-state index in [2.05, 4.69) is 10.1 Å². The maximum Gasteiger partial charge on any atom is 0.339 e. The molecule has 7 heteroatoms. The molecule has 1 heterocycles. The van der Waals surface area contributed by atoms with Crippen LogP contribution >= 0.6 is 11.6 Å². The SMILES string of the molecule is CCOC(=O)C(C)(C)c1nc2ccc(Cl)cc2n[n+]1[O-]. The minimum Gasteiger partial charge on any atom is -0.691 e. The molecule has 0 unspecified atom stereocenters. The molecule has 0 bridgehead atoms. The van der Waals surface area contributed by atoms with Crippen LogP contribution in [0.15, 0.2) is 18.2 Å². The molecule has 0 amide bonds. The summed E-state index contributed by atoms with van der Waals surface area (Å²) in [6, 6.07) is 4.84. The third kappa shape index (κ3) is 2.51. The highest BCUT2D eigenvalue weighted by molar-refractivity contribution is 6.31. The summed E-state index contributed by atoms with van der Waals surface area (Å²) in [6.07, 6.45) is 0. The van der Waals surface area contributed by atoms with E-state index in [1.807, 2.05) is 0 Å². The summed E-state index contributed by atoms with van der Waals surface area (Å²) >= 11 is 5.84. The van der Waals surface area contributed by atoms with Crippen molar-refractivity contribution in [1.29, 1.82) is 0 Å². The van der Waals surface area contributed by atoms with Gasteiger partial charge in [-0.05, 0) is 44.0 Å². The summed E-state index contributed by atoms with van der Waals surface area (Å²) in [5.74, 6) is -0.530. The lowest BCUT2D eigenvalue weighted by Gasteiger charge is -2.19. The van der Waals surface area contributed by atoms with E-state index in [4.69, 9.17) is 16.3 Å². The largest absolute Gasteiger partial charge is 0.691 e. The van der Waals surface area contributed by atoms with Crippen molar-refractivity contribution in [2.45, 2.75) is 26.2 Å². The summed E-state index contributed by atoms with van der Waals surface area (Å²) in [5.41, 5.74) is -0.316. The maximum atomic E-state index is 12.0. The first-order chi connectivity index (χ1) is 9.36. The number of carbonyl (C=O) groups is 1. The Bertz CT molecular complexity index is 673. The van der Waals surface area contributed by atoms with Gasteiger partial charge in [0.2, 0.25) is 5.52 Å². The van der Waals surface area contributed by atoms with Gasteiger partial charge < -0.3 is 9.94 Å². The Morgan fingerprint density at radius 2 is 2.15 bits per heavy atom. The van der Waals surface area contributed by atoms with Crippen molar-refractivity contribution in [2.24, 2.45) is 0 Å². The van der Waals surface area contributed by atoms with E-state index in [1.54, 1.807) is 39.0 Å². The number of esters is 1. The van der Waals surface area contributed by atoms with Gasteiger partial charge in [-0.15, -0.1) is 4.85 Å². The van der Waals surface area contributed by atoms with Gasteiger partial charge in [-0.3, -0.25) is 4.79 Å². The zero-order valence-electron chi connectivity index (χ0n) is 11.4. The van der Waals surface area contributed by atoms with Crippen molar-refractivity contribution in [3.8, 4) is 0 Å². The number of aromatic nitrogens is 3. The average molecular weight is 296 g/mol. The quantitative estimate of drug-likeness (QED) is 0.490. The summed E-state index contributed by atoms with van der Waals surface area (Å²) in [7, 11) is 0. The maximum absolute atomic E-state index is 12.0. The molecule has 20 heavy (non-hydrogen) atoms. The number of nitrogens with zero attached hydrogens (tertiary/aromatic N) is 3. The van der Waals surface area contributed by atoms with Crippen LogP contribution in [0, 0.1) is 5.21 Å². The molecule has 2 rings (SSSR count). The number of hydrogen-bond donors (Lipinski definition) is 0. The Morgan fingerprint density at radius 1 is 1.45 bits per heavy atom. The van der Waals surface area contributed by atoms with Gasteiger partial charge in [0, 0.05) is 5.02 Å². The van der Waals surface area contributed by atoms with Gasteiger partial charge in [0.15, 0.2) is 10.9 Å². The van der Waals surface area contributed by atoms with Crippen LogP contribution in [0.4, 0.5) is 0 Å². The smallest absolute Gasteiger partial charge is 0.339 e. The molecule has 0 N–H and O–H groups in total. The van der Waals surface area contributed by atoms with Crippen molar-refractivity contribution in [3.05, 3.63) is 34.3 Å².